The van der Waals surface area contributed by atoms with Crippen LogP contribution < -0.4 is 4.90 Å². The number of aromatic amines is 1. The number of aromatic nitrogens is 2. The van der Waals surface area contributed by atoms with Crippen LogP contribution in [-0.4, -0.2) is 36.1 Å². The summed E-state index contributed by atoms with van der Waals surface area (Å²) in [7, 11) is 2.52. The smallest absolute Gasteiger partial charge is 0.355 e. The van der Waals surface area contributed by atoms with Gasteiger partial charge in [0.2, 0.25) is 0 Å². The number of allylic oxidation sites excluding steroid dienone is 2. The Bertz CT molecular complexity index is 892. The Morgan fingerprint density at radius 2 is 1.92 bits per heavy atom. The van der Waals surface area contributed by atoms with E-state index in [1.165, 1.54) is 20.3 Å². The molecule has 0 bridgehead atoms. The molecule has 122 valence electrons. The van der Waals surface area contributed by atoms with Gasteiger partial charge >= 0.3 is 11.9 Å². The van der Waals surface area contributed by atoms with Gasteiger partial charge in [-0.1, -0.05) is 12.1 Å². The van der Waals surface area contributed by atoms with E-state index < -0.39 is 11.9 Å². The van der Waals surface area contributed by atoms with E-state index in [4.69, 9.17) is 9.47 Å². The zero-order chi connectivity index (χ0) is 17.1. The summed E-state index contributed by atoms with van der Waals surface area (Å²) in [5, 5.41) is 0. The van der Waals surface area contributed by atoms with Gasteiger partial charge in [-0.2, -0.15) is 0 Å². The minimum absolute atomic E-state index is 0.0600. The van der Waals surface area contributed by atoms with Crippen LogP contribution >= 0.6 is 0 Å². The number of methoxy groups -OCH3 is 2. The van der Waals surface area contributed by atoms with Crippen molar-refractivity contribution in [2.24, 2.45) is 0 Å². The summed E-state index contributed by atoms with van der Waals surface area (Å²) in [6.07, 6.45) is 8.11. The van der Waals surface area contributed by atoms with Gasteiger partial charge in [0, 0.05) is 6.20 Å². The number of anilines is 1. The summed E-state index contributed by atoms with van der Waals surface area (Å²) in [6.45, 7) is 0. The maximum absolute atomic E-state index is 12.4. The standard InChI is InChI=1S/C17H15N3O4/c1-23-16(21)11-6-3-4-9-20(15(11)17(22)24-2)13-8-5-7-12-14(13)19-10-18-12/h3-10H,1-2H3,(H,18,19). The van der Waals surface area contributed by atoms with Crippen LogP contribution in [0.4, 0.5) is 5.69 Å². The van der Waals surface area contributed by atoms with Gasteiger partial charge in [0.05, 0.1) is 37.3 Å². The number of esters is 2. The van der Waals surface area contributed by atoms with E-state index in [9.17, 15) is 9.59 Å². The van der Waals surface area contributed by atoms with Gasteiger partial charge in [0.25, 0.3) is 0 Å². The maximum Gasteiger partial charge on any atom is 0.355 e. The van der Waals surface area contributed by atoms with Crippen LogP contribution in [-0.2, 0) is 19.1 Å². The zero-order valence-corrected chi connectivity index (χ0v) is 13.1. The molecule has 1 aromatic carbocycles. The lowest BCUT2D eigenvalue weighted by Crippen LogP contribution is -2.27. The van der Waals surface area contributed by atoms with Crippen LogP contribution in [0.2, 0.25) is 0 Å². The number of nitrogens with one attached hydrogen (secondary N) is 1. The normalized spacial score (nSPS) is 14.0. The molecule has 7 nitrogen and oxygen atoms in total. The molecule has 1 aromatic heterocycles. The number of ether oxygens (including phenoxy) is 2. The number of hydrogen-bond acceptors (Lipinski definition) is 6. The number of benzene rings is 1. The Hall–Kier alpha value is -3.35. The molecule has 0 aliphatic carbocycles. The highest BCUT2D eigenvalue weighted by molar-refractivity contribution is 6.07. The lowest BCUT2D eigenvalue weighted by molar-refractivity contribution is -0.139. The molecule has 1 N–H and O–H groups in total. The summed E-state index contributed by atoms with van der Waals surface area (Å²) in [5.74, 6) is -1.28. The highest BCUT2D eigenvalue weighted by atomic mass is 16.5. The summed E-state index contributed by atoms with van der Waals surface area (Å²) < 4.78 is 9.67. The highest BCUT2D eigenvalue weighted by Gasteiger charge is 2.28. The molecule has 1 aliphatic rings. The molecular weight excluding hydrogens is 310 g/mol. The first kappa shape index (κ1) is 15.5. The predicted molar refractivity (Wildman–Crippen MR) is 87.9 cm³/mol. The van der Waals surface area contributed by atoms with Crippen LogP contribution in [0, 0.1) is 0 Å². The van der Waals surface area contributed by atoms with Crippen molar-refractivity contribution in [3.05, 3.63) is 60.2 Å². The maximum atomic E-state index is 12.4. The van der Waals surface area contributed by atoms with Gasteiger partial charge in [0.15, 0.2) is 0 Å². The molecule has 0 fully saturated rings. The summed E-state index contributed by atoms with van der Waals surface area (Å²) in [5.41, 5.74) is 2.26. The van der Waals surface area contributed by atoms with Crippen molar-refractivity contribution in [2.75, 3.05) is 19.1 Å². The Morgan fingerprint density at radius 3 is 2.67 bits per heavy atom. The van der Waals surface area contributed by atoms with E-state index in [0.29, 0.717) is 11.2 Å². The molecule has 0 amide bonds. The molecule has 3 rings (SSSR count). The van der Waals surface area contributed by atoms with Gasteiger partial charge in [-0.15, -0.1) is 0 Å². The third-order valence-corrected chi connectivity index (χ3v) is 3.58. The van der Waals surface area contributed by atoms with Crippen molar-refractivity contribution >= 4 is 28.7 Å². The third kappa shape index (κ3) is 2.56. The molecule has 0 radical (unpaired) electrons. The second kappa shape index (κ2) is 6.41. The van der Waals surface area contributed by atoms with Gasteiger partial charge in [0.1, 0.15) is 11.2 Å². The van der Waals surface area contributed by atoms with Crippen LogP contribution in [0.1, 0.15) is 0 Å². The molecule has 2 heterocycles. The van der Waals surface area contributed by atoms with E-state index in [1.54, 1.807) is 35.6 Å². The van der Waals surface area contributed by atoms with Crippen LogP contribution in [0.5, 0.6) is 0 Å². The fourth-order valence-electron chi connectivity index (χ4n) is 2.50. The van der Waals surface area contributed by atoms with Crippen molar-refractivity contribution in [1.82, 2.24) is 9.97 Å². The third-order valence-electron chi connectivity index (χ3n) is 3.58. The number of fused-ring (bicyclic) bond motifs is 1. The molecular formula is C17H15N3O4. The molecule has 0 atom stereocenters. The fourth-order valence-corrected chi connectivity index (χ4v) is 2.50. The molecule has 2 aromatic rings. The first-order valence-electron chi connectivity index (χ1n) is 7.14. The van der Waals surface area contributed by atoms with Crippen LogP contribution in [0.15, 0.2) is 60.2 Å². The molecule has 0 saturated heterocycles. The van der Waals surface area contributed by atoms with Gasteiger partial charge < -0.3 is 19.4 Å². The monoisotopic (exact) mass is 325 g/mol. The number of imidazole rings is 1. The number of nitrogens with zero attached hydrogens (tertiary/aromatic N) is 2. The van der Waals surface area contributed by atoms with E-state index in [1.807, 2.05) is 12.1 Å². The van der Waals surface area contributed by atoms with Crippen LogP contribution in [0.3, 0.4) is 0 Å². The first-order valence-corrected chi connectivity index (χ1v) is 7.14. The van der Waals surface area contributed by atoms with Gasteiger partial charge in [-0.25, -0.2) is 14.6 Å². The number of para-hydroxylation sites is 1. The molecule has 24 heavy (non-hydrogen) atoms. The molecule has 0 spiro atoms. The summed E-state index contributed by atoms with van der Waals surface area (Å²) in [4.78, 5) is 33.4. The molecule has 7 heteroatoms. The Morgan fingerprint density at radius 1 is 1.12 bits per heavy atom. The topological polar surface area (TPSA) is 84.5 Å². The van der Waals surface area contributed by atoms with Crippen molar-refractivity contribution in [3.63, 3.8) is 0 Å². The van der Waals surface area contributed by atoms with E-state index in [2.05, 4.69) is 9.97 Å². The van der Waals surface area contributed by atoms with Crippen molar-refractivity contribution in [2.45, 2.75) is 0 Å². The Kier molecular flexibility index (Phi) is 4.15. The Labute approximate surface area is 137 Å². The Balaban J connectivity index is 2.26. The van der Waals surface area contributed by atoms with Gasteiger partial charge in [-0.3, -0.25) is 0 Å². The SMILES string of the molecule is COC(=O)C1=C(C(=O)OC)N(c2cccc3[nH]cnc23)C=CC=C1. The van der Waals surface area contributed by atoms with Crippen LogP contribution in [0.25, 0.3) is 11.0 Å². The number of carbonyl (C=O) groups excluding carboxylic acids is 2. The van der Waals surface area contributed by atoms with Crippen molar-refractivity contribution in [3.8, 4) is 0 Å². The second-order valence-corrected chi connectivity index (χ2v) is 4.89. The zero-order valence-electron chi connectivity index (χ0n) is 13.1. The minimum Gasteiger partial charge on any atom is -0.465 e. The number of carbonyl (C=O) groups is 2. The molecule has 0 saturated carbocycles. The lowest BCUT2D eigenvalue weighted by Gasteiger charge is -2.23. The summed E-state index contributed by atoms with van der Waals surface area (Å²) in [6, 6.07) is 5.50. The van der Waals surface area contributed by atoms with Crippen molar-refractivity contribution < 1.29 is 19.1 Å². The number of rotatable bonds is 3. The summed E-state index contributed by atoms with van der Waals surface area (Å²) >= 11 is 0. The second-order valence-electron chi connectivity index (χ2n) is 4.89. The first-order chi connectivity index (χ1) is 11.7. The largest absolute Gasteiger partial charge is 0.465 e. The fraction of sp³-hybridized carbons (Fsp3) is 0.118. The molecule has 1 aliphatic heterocycles. The quantitative estimate of drug-likeness (QED) is 0.870. The van der Waals surface area contributed by atoms with E-state index in [0.717, 1.165) is 5.52 Å². The number of hydrogen-bond donors (Lipinski definition) is 1. The highest BCUT2D eigenvalue weighted by Crippen LogP contribution is 2.30. The lowest BCUT2D eigenvalue weighted by atomic mass is 10.1. The van der Waals surface area contributed by atoms with Crippen molar-refractivity contribution in [1.29, 1.82) is 0 Å². The van der Waals surface area contributed by atoms with E-state index >= 15 is 0 Å². The van der Waals surface area contributed by atoms with E-state index in [-0.39, 0.29) is 11.3 Å². The number of H-pyrrole nitrogens is 1. The molecule has 0 unspecified atom stereocenters. The van der Waals surface area contributed by atoms with Gasteiger partial charge in [-0.05, 0) is 24.3 Å². The average Bonchev–Trinajstić information content (AvgIpc) is 2.99. The average molecular weight is 325 g/mol. The minimum atomic E-state index is -0.654. The predicted octanol–water partition coefficient (Wildman–Crippen LogP) is 2.05.